The highest BCUT2D eigenvalue weighted by molar-refractivity contribution is 5.52. The number of fused-ring (bicyclic) bond motifs is 2. The fourth-order valence-electron chi connectivity index (χ4n) is 3.64. The van der Waals surface area contributed by atoms with Crippen LogP contribution in [0.5, 0.6) is 11.8 Å². The van der Waals surface area contributed by atoms with Gasteiger partial charge in [0.25, 0.3) is 0 Å². The molecule has 140 valence electrons. The summed E-state index contributed by atoms with van der Waals surface area (Å²) in [6.45, 7) is -0.737. The molecule has 0 aliphatic carbocycles. The molecule has 3 N–H and O–H groups in total. The number of alkyl halides is 2. The van der Waals surface area contributed by atoms with Gasteiger partial charge in [-0.05, 0) is 19.3 Å². The fraction of sp³-hybridized carbons (Fsp3) is 0.562. The summed E-state index contributed by atoms with van der Waals surface area (Å²) in [7, 11) is 0. The lowest BCUT2D eigenvalue weighted by Gasteiger charge is -2.35. The molecule has 0 saturated carbocycles. The third kappa shape index (κ3) is 3.69. The van der Waals surface area contributed by atoms with Gasteiger partial charge in [0.05, 0.1) is 12.4 Å². The molecule has 2 aromatic rings. The Bertz CT molecular complexity index is 758. The Hall–Kier alpha value is -2.49. The highest BCUT2D eigenvalue weighted by Crippen LogP contribution is 2.33. The summed E-state index contributed by atoms with van der Waals surface area (Å²) in [6, 6.07) is 2.31. The molecular formula is C16H20F2N6O2. The molecule has 2 aliphatic rings. The molecule has 2 bridgehead atoms. The van der Waals surface area contributed by atoms with Crippen LogP contribution in [0.4, 0.5) is 20.4 Å². The number of hydrogen-bond donors (Lipinski definition) is 3. The minimum Gasteiger partial charge on any atom is -0.473 e. The van der Waals surface area contributed by atoms with Gasteiger partial charge >= 0.3 is 6.61 Å². The number of aromatic nitrogens is 4. The van der Waals surface area contributed by atoms with Crippen molar-refractivity contribution in [2.75, 3.05) is 5.32 Å². The van der Waals surface area contributed by atoms with Crippen molar-refractivity contribution in [3.63, 3.8) is 0 Å². The number of nitrogens with one attached hydrogen (secondary N) is 3. The maximum atomic E-state index is 12.2. The number of aromatic amines is 1. The average Bonchev–Trinajstić information content (AvgIpc) is 3.20. The maximum absolute atomic E-state index is 12.2. The summed E-state index contributed by atoms with van der Waals surface area (Å²) in [5.74, 6) is 1.40. The topological polar surface area (TPSA) is 97.0 Å². The number of anilines is 2. The number of piperidine rings is 1. The van der Waals surface area contributed by atoms with Crippen molar-refractivity contribution in [1.29, 1.82) is 0 Å². The van der Waals surface area contributed by atoms with E-state index in [4.69, 9.17) is 4.74 Å². The van der Waals surface area contributed by atoms with Gasteiger partial charge in [-0.2, -0.15) is 13.8 Å². The second-order valence-electron chi connectivity index (χ2n) is 6.66. The first-order valence-electron chi connectivity index (χ1n) is 8.59. The summed E-state index contributed by atoms with van der Waals surface area (Å²) in [5.41, 5.74) is 0. The Morgan fingerprint density at radius 2 is 2.15 bits per heavy atom. The van der Waals surface area contributed by atoms with Crippen LogP contribution in [-0.4, -0.2) is 45.0 Å². The Labute approximate surface area is 148 Å². The van der Waals surface area contributed by atoms with E-state index in [0.717, 1.165) is 6.42 Å². The van der Waals surface area contributed by atoms with Gasteiger partial charge in [-0.15, -0.1) is 5.10 Å². The lowest BCUT2D eigenvalue weighted by molar-refractivity contribution is -0.0528. The van der Waals surface area contributed by atoms with Crippen LogP contribution < -0.4 is 20.1 Å². The van der Waals surface area contributed by atoms with E-state index in [1.165, 1.54) is 25.1 Å². The van der Waals surface area contributed by atoms with Crippen molar-refractivity contribution < 1.29 is 18.3 Å². The van der Waals surface area contributed by atoms with Crippen LogP contribution in [0, 0.1) is 5.92 Å². The van der Waals surface area contributed by atoms with Gasteiger partial charge in [0.15, 0.2) is 5.82 Å². The third-order valence-corrected chi connectivity index (χ3v) is 4.93. The van der Waals surface area contributed by atoms with Crippen molar-refractivity contribution in [2.45, 2.75) is 51.0 Å². The lowest BCUT2D eigenvalue weighted by Crippen LogP contribution is -2.49. The Balaban J connectivity index is 1.41. The molecule has 26 heavy (non-hydrogen) atoms. The van der Waals surface area contributed by atoms with Crippen molar-refractivity contribution in [3.05, 3.63) is 18.5 Å². The van der Waals surface area contributed by atoms with Crippen LogP contribution in [0.1, 0.15) is 26.2 Å². The predicted molar refractivity (Wildman–Crippen MR) is 88.7 cm³/mol. The molecule has 2 aliphatic heterocycles. The summed E-state index contributed by atoms with van der Waals surface area (Å²) in [5, 5.41) is 12.7. The SMILES string of the molecule is C[C@H]1[C@H]2CC[C@@H](C[C@H]1Oc1cncc(Nc3cc(OC(F)F)n[nH]3)n1)N2. The molecule has 10 heteroatoms. The van der Waals surface area contributed by atoms with E-state index in [-0.39, 0.29) is 12.0 Å². The van der Waals surface area contributed by atoms with E-state index < -0.39 is 6.61 Å². The first-order valence-corrected chi connectivity index (χ1v) is 8.59. The largest absolute Gasteiger partial charge is 0.473 e. The zero-order valence-electron chi connectivity index (χ0n) is 14.2. The molecule has 2 aromatic heterocycles. The lowest BCUT2D eigenvalue weighted by atomic mass is 9.91. The highest BCUT2D eigenvalue weighted by atomic mass is 19.3. The maximum Gasteiger partial charge on any atom is 0.388 e. The van der Waals surface area contributed by atoms with Gasteiger partial charge in [0.1, 0.15) is 11.9 Å². The Kier molecular flexibility index (Phi) is 4.58. The monoisotopic (exact) mass is 366 g/mol. The van der Waals surface area contributed by atoms with Crippen molar-refractivity contribution >= 4 is 11.6 Å². The number of halogens is 2. The van der Waals surface area contributed by atoms with Crippen LogP contribution in [0.15, 0.2) is 18.5 Å². The second-order valence-corrected chi connectivity index (χ2v) is 6.66. The van der Waals surface area contributed by atoms with Crippen LogP contribution in [0.2, 0.25) is 0 Å². The summed E-state index contributed by atoms with van der Waals surface area (Å²) < 4.78 is 34.7. The average molecular weight is 366 g/mol. The quantitative estimate of drug-likeness (QED) is 0.722. The standard InChI is InChI=1S/C16H20F2N6O2/c1-8-10-3-2-9(20-10)4-11(8)25-15-7-19-6-13(22-15)21-12-5-14(24-23-12)26-16(17)18/h5-11,16,20H,2-4H2,1H3,(H2,21,22,23,24)/t8-,9-,10+,11+/m0/s1. The van der Waals surface area contributed by atoms with Crippen LogP contribution in [-0.2, 0) is 0 Å². The molecule has 4 atom stereocenters. The normalized spacial score (nSPS) is 27.5. The number of hydrogen-bond acceptors (Lipinski definition) is 7. The van der Waals surface area contributed by atoms with Gasteiger partial charge in [-0.3, -0.25) is 10.1 Å². The van der Waals surface area contributed by atoms with E-state index in [9.17, 15) is 8.78 Å². The molecule has 0 aromatic carbocycles. The molecule has 2 fully saturated rings. The predicted octanol–water partition coefficient (Wildman–Crippen LogP) is 2.45. The van der Waals surface area contributed by atoms with Gasteiger partial charge in [0, 0.05) is 24.1 Å². The number of H-pyrrole nitrogens is 1. The minimum absolute atomic E-state index is 0.0940. The zero-order valence-corrected chi connectivity index (χ0v) is 14.2. The Morgan fingerprint density at radius 3 is 3.00 bits per heavy atom. The van der Waals surface area contributed by atoms with Crippen LogP contribution >= 0.6 is 0 Å². The molecule has 0 unspecified atom stereocenters. The molecule has 0 radical (unpaired) electrons. The van der Waals surface area contributed by atoms with Crippen molar-refractivity contribution in [3.8, 4) is 11.8 Å². The molecule has 4 heterocycles. The van der Waals surface area contributed by atoms with Gasteiger partial charge < -0.3 is 20.1 Å². The number of nitrogens with zero attached hydrogens (tertiary/aromatic N) is 3. The molecule has 2 saturated heterocycles. The zero-order chi connectivity index (χ0) is 18.1. The van der Waals surface area contributed by atoms with Crippen molar-refractivity contribution in [2.24, 2.45) is 5.92 Å². The van der Waals surface area contributed by atoms with E-state index >= 15 is 0 Å². The Morgan fingerprint density at radius 1 is 1.27 bits per heavy atom. The number of ether oxygens (including phenoxy) is 2. The van der Waals surface area contributed by atoms with Gasteiger partial charge in [0.2, 0.25) is 11.8 Å². The van der Waals surface area contributed by atoms with Crippen LogP contribution in [0.25, 0.3) is 0 Å². The van der Waals surface area contributed by atoms with E-state index in [1.807, 2.05) is 0 Å². The minimum atomic E-state index is -2.93. The molecular weight excluding hydrogens is 346 g/mol. The highest BCUT2D eigenvalue weighted by Gasteiger charge is 2.40. The molecule has 0 amide bonds. The molecule has 8 nitrogen and oxygen atoms in total. The van der Waals surface area contributed by atoms with Crippen LogP contribution in [0.3, 0.4) is 0 Å². The molecule has 0 spiro atoms. The first kappa shape index (κ1) is 17.0. The van der Waals surface area contributed by atoms with Crippen molar-refractivity contribution in [1.82, 2.24) is 25.5 Å². The van der Waals surface area contributed by atoms with E-state index in [2.05, 4.69) is 42.5 Å². The smallest absolute Gasteiger partial charge is 0.388 e. The fourth-order valence-corrected chi connectivity index (χ4v) is 3.64. The van der Waals surface area contributed by atoms with E-state index in [0.29, 0.717) is 35.5 Å². The van der Waals surface area contributed by atoms with E-state index in [1.54, 1.807) is 6.20 Å². The van der Waals surface area contributed by atoms with Gasteiger partial charge in [-0.25, -0.2) is 0 Å². The second kappa shape index (κ2) is 7.02. The first-order chi connectivity index (χ1) is 12.6. The summed E-state index contributed by atoms with van der Waals surface area (Å²) in [4.78, 5) is 8.51. The molecule has 4 rings (SSSR count). The van der Waals surface area contributed by atoms with Gasteiger partial charge in [-0.1, -0.05) is 6.92 Å². The number of rotatable bonds is 6. The third-order valence-electron chi connectivity index (χ3n) is 4.93. The summed E-state index contributed by atoms with van der Waals surface area (Å²) >= 11 is 0. The summed E-state index contributed by atoms with van der Waals surface area (Å²) in [6.07, 6.45) is 6.49.